The Bertz CT molecular complexity index is 606. The van der Waals surface area contributed by atoms with Crippen LogP contribution in [0.1, 0.15) is 132 Å². The maximum absolute atomic E-state index is 6.41. The topological polar surface area (TPSA) is 12.5 Å². The number of anilines is 1. The summed E-state index contributed by atoms with van der Waals surface area (Å²) in [6.45, 7) is 21.8. The van der Waals surface area contributed by atoms with Crippen LogP contribution in [0.5, 0.6) is 5.75 Å². The van der Waals surface area contributed by atoms with Gasteiger partial charge in [-0.1, -0.05) is 106 Å². The first-order valence-corrected chi connectivity index (χ1v) is 13.7. The minimum Gasteiger partial charge on any atom is -0.491 e. The molecule has 0 unspecified atom stereocenters. The van der Waals surface area contributed by atoms with Gasteiger partial charge in [0.15, 0.2) is 0 Å². The Morgan fingerprint density at radius 3 is 1.84 bits per heavy atom. The van der Waals surface area contributed by atoms with Crippen molar-refractivity contribution in [2.75, 3.05) is 24.6 Å². The minimum atomic E-state index is 0.145. The third-order valence-electron chi connectivity index (χ3n) is 6.37. The first kappa shape index (κ1) is 28.9. The van der Waals surface area contributed by atoms with Gasteiger partial charge in [-0.15, -0.1) is 0 Å². The van der Waals surface area contributed by atoms with Gasteiger partial charge in [0.05, 0.1) is 12.3 Å². The molecule has 0 N–H and O–H groups in total. The molecule has 0 atom stereocenters. The quantitative estimate of drug-likeness (QED) is 0.221. The molecular formula is C30H55NO. The summed E-state index contributed by atoms with van der Waals surface area (Å²) in [6.07, 6.45) is 13.9. The van der Waals surface area contributed by atoms with E-state index in [9.17, 15) is 0 Å². The van der Waals surface area contributed by atoms with Crippen LogP contribution in [-0.2, 0) is 5.41 Å². The van der Waals surface area contributed by atoms with Crippen LogP contribution in [0.15, 0.2) is 18.2 Å². The maximum Gasteiger partial charge on any atom is 0.142 e. The van der Waals surface area contributed by atoms with Gasteiger partial charge in [0.1, 0.15) is 5.75 Å². The molecule has 0 bridgehead atoms. The Morgan fingerprint density at radius 2 is 1.28 bits per heavy atom. The van der Waals surface area contributed by atoms with Crippen LogP contribution in [0.25, 0.3) is 0 Å². The Balaban J connectivity index is 3.07. The Morgan fingerprint density at radius 1 is 0.719 bits per heavy atom. The number of nitrogens with zero attached hydrogens (tertiary/aromatic N) is 1. The highest BCUT2D eigenvalue weighted by atomic mass is 16.5. The summed E-state index contributed by atoms with van der Waals surface area (Å²) in [5.41, 5.74) is 3.21. The lowest BCUT2D eigenvalue weighted by atomic mass is 9.72. The molecule has 0 aromatic heterocycles. The molecule has 0 fully saturated rings. The van der Waals surface area contributed by atoms with E-state index in [0.717, 1.165) is 31.9 Å². The van der Waals surface area contributed by atoms with Gasteiger partial charge in [0.25, 0.3) is 0 Å². The summed E-state index contributed by atoms with van der Waals surface area (Å²) in [4.78, 5) is 2.60. The van der Waals surface area contributed by atoms with Crippen molar-refractivity contribution in [1.82, 2.24) is 0 Å². The summed E-state index contributed by atoms with van der Waals surface area (Å²) < 4.78 is 6.41. The highest BCUT2D eigenvalue weighted by Gasteiger charge is 2.28. The SMILES string of the molecule is CCCCCCCCOc1ccc(C(C)(C)CC(C)(C)C)cc1N(CCCC)CCCC. The molecule has 0 heterocycles. The van der Waals surface area contributed by atoms with Crippen LogP contribution in [0, 0.1) is 5.41 Å². The van der Waals surface area contributed by atoms with Crippen LogP contribution < -0.4 is 9.64 Å². The molecule has 0 radical (unpaired) electrons. The van der Waals surface area contributed by atoms with Crippen molar-refractivity contribution in [3.8, 4) is 5.75 Å². The second-order valence-corrected chi connectivity index (χ2v) is 11.6. The van der Waals surface area contributed by atoms with Crippen LogP contribution in [-0.4, -0.2) is 19.7 Å². The summed E-state index contributed by atoms with van der Waals surface area (Å²) in [7, 11) is 0. The van der Waals surface area contributed by atoms with Gasteiger partial charge in [-0.2, -0.15) is 0 Å². The smallest absolute Gasteiger partial charge is 0.142 e. The lowest BCUT2D eigenvalue weighted by molar-refractivity contribution is 0.283. The van der Waals surface area contributed by atoms with Gasteiger partial charge < -0.3 is 9.64 Å². The Kier molecular flexibility index (Phi) is 13.4. The number of rotatable bonds is 17. The molecule has 0 aliphatic heterocycles. The minimum absolute atomic E-state index is 0.145. The zero-order valence-electron chi connectivity index (χ0n) is 23.0. The van der Waals surface area contributed by atoms with E-state index >= 15 is 0 Å². The van der Waals surface area contributed by atoms with Gasteiger partial charge in [-0.25, -0.2) is 0 Å². The van der Waals surface area contributed by atoms with Gasteiger partial charge in [0, 0.05) is 13.1 Å². The monoisotopic (exact) mass is 445 g/mol. The lowest BCUT2D eigenvalue weighted by Gasteiger charge is -2.35. The summed E-state index contributed by atoms with van der Waals surface area (Å²) in [5.74, 6) is 1.08. The number of unbranched alkanes of at least 4 members (excludes halogenated alkanes) is 7. The number of ether oxygens (including phenoxy) is 1. The molecule has 0 saturated heterocycles. The highest BCUT2D eigenvalue weighted by molar-refractivity contribution is 5.61. The van der Waals surface area contributed by atoms with E-state index in [1.54, 1.807) is 0 Å². The van der Waals surface area contributed by atoms with Crippen molar-refractivity contribution in [3.05, 3.63) is 23.8 Å². The molecule has 1 aromatic carbocycles. The fraction of sp³-hybridized carbons (Fsp3) is 0.800. The normalized spacial score (nSPS) is 12.2. The van der Waals surface area contributed by atoms with E-state index in [1.807, 2.05) is 0 Å². The second kappa shape index (κ2) is 14.9. The largest absolute Gasteiger partial charge is 0.491 e. The molecule has 0 spiro atoms. The number of hydrogen-bond donors (Lipinski definition) is 0. The van der Waals surface area contributed by atoms with Gasteiger partial charge in [-0.05, 0) is 54.2 Å². The van der Waals surface area contributed by atoms with E-state index in [1.165, 1.54) is 75.5 Å². The molecule has 1 aromatic rings. The maximum atomic E-state index is 6.41. The highest BCUT2D eigenvalue weighted by Crippen LogP contribution is 2.40. The molecule has 0 amide bonds. The first-order chi connectivity index (χ1) is 15.1. The lowest BCUT2D eigenvalue weighted by Crippen LogP contribution is -2.28. The van der Waals surface area contributed by atoms with Crippen LogP contribution >= 0.6 is 0 Å². The number of hydrogen-bond acceptors (Lipinski definition) is 2. The van der Waals surface area contributed by atoms with Crippen molar-refractivity contribution in [2.45, 2.75) is 131 Å². The van der Waals surface area contributed by atoms with Crippen molar-refractivity contribution in [3.63, 3.8) is 0 Å². The molecule has 0 saturated carbocycles. The molecular weight excluding hydrogens is 390 g/mol. The Labute approximate surface area is 201 Å². The zero-order valence-corrected chi connectivity index (χ0v) is 23.0. The fourth-order valence-corrected chi connectivity index (χ4v) is 4.85. The molecule has 0 aliphatic rings. The first-order valence-electron chi connectivity index (χ1n) is 13.7. The van der Waals surface area contributed by atoms with Crippen molar-refractivity contribution < 1.29 is 4.74 Å². The van der Waals surface area contributed by atoms with Crippen molar-refractivity contribution >= 4 is 5.69 Å². The van der Waals surface area contributed by atoms with Crippen LogP contribution in [0.2, 0.25) is 0 Å². The van der Waals surface area contributed by atoms with E-state index in [0.29, 0.717) is 5.41 Å². The summed E-state index contributed by atoms with van der Waals surface area (Å²) >= 11 is 0. The summed E-state index contributed by atoms with van der Waals surface area (Å²) in [5, 5.41) is 0. The molecule has 1 rings (SSSR count). The van der Waals surface area contributed by atoms with Gasteiger partial charge in [0.2, 0.25) is 0 Å². The second-order valence-electron chi connectivity index (χ2n) is 11.6. The predicted octanol–water partition coefficient (Wildman–Crippen LogP) is 9.55. The van der Waals surface area contributed by atoms with E-state index in [2.05, 4.69) is 78.5 Å². The van der Waals surface area contributed by atoms with Crippen LogP contribution in [0.3, 0.4) is 0 Å². The molecule has 186 valence electrons. The third-order valence-corrected chi connectivity index (χ3v) is 6.37. The molecule has 2 nitrogen and oxygen atoms in total. The van der Waals surface area contributed by atoms with Gasteiger partial charge in [-0.3, -0.25) is 0 Å². The van der Waals surface area contributed by atoms with Crippen LogP contribution in [0.4, 0.5) is 5.69 Å². The summed E-state index contributed by atoms with van der Waals surface area (Å²) in [6, 6.07) is 7.04. The average molecular weight is 446 g/mol. The van der Waals surface area contributed by atoms with E-state index in [-0.39, 0.29) is 5.41 Å². The van der Waals surface area contributed by atoms with Gasteiger partial charge >= 0.3 is 0 Å². The molecule has 0 aliphatic carbocycles. The molecule has 2 heteroatoms. The third kappa shape index (κ3) is 11.1. The average Bonchev–Trinajstić information content (AvgIpc) is 2.71. The van der Waals surface area contributed by atoms with Crippen molar-refractivity contribution in [1.29, 1.82) is 0 Å². The molecule has 32 heavy (non-hydrogen) atoms. The fourth-order valence-electron chi connectivity index (χ4n) is 4.85. The van der Waals surface area contributed by atoms with E-state index in [4.69, 9.17) is 4.74 Å². The van der Waals surface area contributed by atoms with E-state index < -0.39 is 0 Å². The zero-order chi connectivity index (χ0) is 24.0. The van der Waals surface area contributed by atoms with Crippen molar-refractivity contribution in [2.24, 2.45) is 5.41 Å². The Hall–Kier alpha value is -1.18. The predicted molar refractivity (Wildman–Crippen MR) is 144 cm³/mol. The standard InChI is InChI=1S/C30H55NO/c1-9-12-15-16-17-18-23-32-28-20-19-26(30(7,8)25-29(4,5)6)24-27(28)31(21-13-10-2)22-14-11-3/h19-20,24H,9-18,21-23,25H2,1-8H3. The number of benzene rings is 1.